The maximum Gasteiger partial charge on any atom is 0.288 e. The number of rotatable bonds is 8. The van der Waals surface area contributed by atoms with Crippen molar-refractivity contribution in [3.63, 3.8) is 0 Å². The van der Waals surface area contributed by atoms with Gasteiger partial charge in [0.25, 0.3) is 21.4 Å². The fraction of sp³-hybridized carbons (Fsp3) is 0. The van der Waals surface area contributed by atoms with Crippen LogP contribution in [0, 0.1) is 20.2 Å². The summed E-state index contributed by atoms with van der Waals surface area (Å²) in [5, 5.41) is 26.4. The molecule has 33 heavy (non-hydrogen) atoms. The Morgan fingerprint density at radius 3 is 2.24 bits per heavy atom. The van der Waals surface area contributed by atoms with E-state index in [2.05, 4.69) is 15.2 Å². The van der Waals surface area contributed by atoms with Gasteiger partial charge in [-0.2, -0.15) is 5.10 Å². The average molecular weight is 510 g/mol. The van der Waals surface area contributed by atoms with Crippen LogP contribution in [0.15, 0.2) is 70.7 Å². The van der Waals surface area contributed by atoms with Gasteiger partial charge in [0.2, 0.25) is 0 Å². The van der Waals surface area contributed by atoms with Crippen LogP contribution in [0.3, 0.4) is 0 Å². The Labute approximate surface area is 197 Å². The molecule has 14 heteroatoms. The van der Waals surface area contributed by atoms with Gasteiger partial charge in [-0.25, -0.2) is 8.42 Å². The van der Waals surface area contributed by atoms with Crippen molar-refractivity contribution in [3.05, 3.63) is 96.5 Å². The smallest absolute Gasteiger partial charge is 0.280 e. The second-order valence-corrected chi connectivity index (χ2v) is 8.88. The van der Waals surface area contributed by atoms with Crippen molar-refractivity contribution in [1.82, 2.24) is 0 Å². The van der Waals surface area contributed by atoms with Gasteiger partial charge in [-0.05, 0) is 36.4 Å². The molecule has 3 aromatic rings. The zero-order valence-electron chi connectivity index (χ0n) is 16.3. The third kappa shape index (κ3) is 5.94. The molecule has 0 amide bonds. The van der Waals surface area contributed by atoms with Crippen molar-refractivity contribution in [2.45, 2.75) is 4.90 Å². The van der Waals surface area contributed by atoms with Gasteiger partial charge in [0, 0.05) is 34.5 Å². The molecule has 11 nitrogen and oxygen atoms in total. The third-order valence-corrected chi connectivity index (χ3v) is 6.12. The van der Waals surface area contributed by atoms with Crippen LogP contribution in [0.4, 0.5) is 22.7 Å². The van der Waals surface area contributed by atoms with Gasteiger partial charge in [-0.15, -0.1) is 0 Å². The van der Waals surface area contributed by atoms with Gasteiger partial charge in [0.15, 0.2) is 0 Å². The highest BCUT2D eigenvalue weighted by Gasteiger charge is 2.23. The summed E-state index contributed by atoms with van der Waals surface area (Å²) in [7, 11) is -4.27. The van der Waals surface area contributed by atoms with Crippen molar-refractivity contribution in [3.8, 4) is 0 Å². The van der Waals surface area contributed by atoms with Crippen LogP contribution in [0.5, 0.6) is 0 Å². The summed E-state index contributed by atoms with van der Waals surface area (Å²) in [4.78, 5) is 20.3. The first-order valence-electron chi connectivity index (χ1n) is 8.86. The largest absolute Gasteiger partial charge is 0.288 e. The number of nitro groups is 2. The molecule has 0 unspecified atom stereocenters. The lowest BCUT2D eigenvalue weighted by Crippen LogP contribution is -2.15. The fourth-order valence-electron chi connectivity index (χ4n) is 2.59. The molecule has 0 heterocycles. The molecule has 0 spiro atoms. The highest BCUT2D eigenvalue weighted by molar-refractivity contribution is 7.92. The van der Waals surface area contributed by atoms with E-state index in [1.54, 1.807) is 0 Å². The molecule has 0 radical (unpaired) electrons. The SMILES string of the molecule is O=[N+]([O-])c1ccc(NN=Cc2ccc(Cl)c([N+](=O)[O-])c2)c(S(=O)(=O)Nc2ccc(Cl)cc2)c1. The lowest BCUT2D eigenvalue weighted by Gasteiger charge is -2.12. The van der Waals surface area contributed by atoms with Crippen molar-refractivity contribution < 1.29 is 18.3 Å². The fourth-order valence-corrected chi connectivity index (χ4v) is 4.14. The molecule has 0 aliphatic rings. The highest BCUT2D eigenvalue weighted by atomic mass is 35.5. The number of anilines is 2. The number of nitro benzene ring substituents is 2. The molecule has 2 N–H and O–H groups in total. The standard InChI is InChI=1S/C19H13Cl2N5O6S/c20-13-2-4-14(5-3-13)24-33(31,32)19-10-15(25(27)28)6-8-17(19)23-22-11-12-1-7-16(21)18(9-12)26(29)30/h1-11,23-24H. The van der Waals surface area contributed by atoms with E-state index in [4.69, 9.17) is 23.2 Å². The molecule has 0 bridgehead atoms. The number of hydrogen-bond donors (Lipinski definition) is 2. The number of hydrazone groups is 1. The Kier molecular flexibility index (Phi) is 7.11. The van der Waals surface area contributed by atoms with Gasteiger partial charge in [0.1, 0.15) is 9.92 Å². The molecule has 0 aromatic heterocycles. The summed E-state index contributed by atoms with van der Waals surface area (Å²) in [6, 6.07) is 12.9. The zero-order chi connectivity index (χ0) is 24.2. The molecule has 0 aliphatic heterocycles. The van der Waals surface area contributed by atoms with Gasteiger partial charge >= 0.3 is 0 Å². The van der Waals surface area contributed by atoms with Crippen molar-refractivity contribution in [2.24, 2.45) is 5.10 Å². The quantitative estimate of drug-likeness (QED) is 0.244. The first-order chi connectivity index (χ1) is 15.6. The summed E-state index contributed by atoms with van der Waals surface area (Å²) >= 11 is 11.6. The van der Waals surface area contributed by atoms with Crippen molar-refractivity contribution in [2.75, 3.05) is 10.1 Å². The topological polar surface area (TPSA) is 157 Å². The number of non-ortho nitro benzene ring substituents is 1. The minimum absolute atomic E-state index is 0.0536. The molecule has 3 aromatic carbocycles. The summed E-state index contributed by atoms with van der Waals surface area (Å²) < 4.78 is 28.2. The number of nitrogens with one attached hydrogen (secondary N) is 2. The van der Waals surface area contributed by atoms with E-state index in [0.717, 1.165) is 12.1 Å². The predicted octanol–water partition coefficient (Wildman–Crippen LogP) is 5.06. The number of halogens is 2. The Morgan fingerprint density at radius 2 is 1.61 bits per heavy atom. The minimum atomic E-state index is -4.27. The lowest BCUT2D eigenvalue weighted by atomic mass is 10.2. The van der Waals surface area contributed by atoms with Crippen LogP contribution in [-0.4, -0.2) is 24.5 Å². The van der Waals surface area contributed by atoms with Crippen LogP contribution in [-0.2, 0) is 10.0 Å². The van der Waals surface area contributed by atoms with Crippen LogP contribution in [0.2, 0.25) is 10.0 Å². The molecule has 3 rings (SSSR count). The van der Waals surface area contributed by atoms with Crippen LogP contribution < -0.4 is 10.1 Å². The third-order valence-electron chi connectivity index (χ3n) is 4.13. The normalized spacial score (nSPS) is 11.3. The van der Waals surface area contributed by atoms with Crippen LogP contribution in [0.25, 0.3) is 0 Å². The van der Waals surface area contributed by atoms with Crippen LogP contribution in [0.1, 0.15) is 5.56 Å². The zero-order valence-corrected chi connectivity index (χ0v) is 18.6. The molecule has 0 saturated carbocycles. The molecule has 0 saturated heterocycles. The Hall–Kier alpha value is -3.74. The van der Waals surface area contributed by atoms with E-state index >= 15 is 0 Å². The summed E-state index contributed by atoms with van der Waals surface area (Å²) in [6.07, 6.45) is 1.20. The monoisotopic (exact) mass is 509 g/mol. The molecular weight excluding hydrogens is 497 g/mol. The average Bonchev–Trinajstić information content (AvgIpc) is 2.76. The number of nitrogens with zero attached hydrogens (tertiary/aromatic N) is 3. The van der Waals surface area contributed by atoms with E-state index in [-0.39, 0.29) is 22.1 Å². The second-order valence-electron chi connectivity index (χ2n) is 6.39. The first-order valence-corrected chi connectivity index (χ1v) is 11.1. The van der Waals surface area contributed by atoms with Gasteiger partial charge in [0.05, 0.1) is 21.7 Å². The van der Waals surface area contributed by atoms with E-state index in [1.807, 2.05) is 0 Å². The number of benzene rings is 3. The Morgan fingerprint density at radius 1 is 0.909 bits per heavy atom. The molecule has 170 valence electrons. The van der Waals surface area contributed by atoms with Gasteiger partial charge in [-0.1, -0.05) is 29.3 Å². The Balaban J connectivity index is 1.93. The van der Waals surface area contributed by atoms with Crippen LogP contribution >= 0.6 is 23.2 Å². The van der Waals surface area contributed by atoms with Gasteiger partial charge < -0.3 is 0 Å². The van der Waals surface area contributed by atoms with Crippen molar-refractivity contribution >= 4 is 62.2 Å². The maximum absolute atomic E-state index is 12.9. The van der Waals surface area contributed by atoms with E-state index in [9.17, 15) is 28.6 Å². The molecule has 0 fully saturated rings. The Bertz CT molecular complexity index is 1360. The minimum Gasteiger partial charge on any atom is -0.280 e. The van der Waals surface area contributed by atoms with E-state index in [1.165, 1.54) is 54.7 Å². The van der Waals surface area contributed by atoms with Gasteiger partial charge in [-0.3, -0.25) is 30.4 Å². The maximum atomic E-state index is 12.9. The number of hydrogen-bond acceptors (Lipinski definition) is 8. The first kappa shape index (κ1) is 23.9. The summed E-state index contributed by atoms with van der Waals surface area (Å²) in [5.41, 5.74) is 2.15. The molecule has 0 atom stereocenters. The molecule has 0 aliphatic carbocycles. The number of sulfonamides is 1. The van der Waals surface area contributed by atoms with E-state index in [0.29, 0.717) is 10.6 Å². The predicted molar refractivity (Wildman–Crippen MR) is 125 cm³/mol. The summed E-state index contributed by atoms with van der Waals surface area (Å²) in [5.74, 6) is 0. The van der Waals surface area contributed by atoms with E-state index < -0.39 is 30.5 Å². The second kappa shape index (κ2) is 9.81. The lowest BCUT2D eigenvalue weighted by molar-refractivity contribution is -0.385. The highest BCUT2D eigenvalue weighted by Crippen LogP contribution is 2.29. The van der Waals surface area contributed by atoms with Crippen molar-refractivity contribution in [1.29, 1.82) is 0 Å². The molecular formula is C19H13Cl2N5O6S. The summed E-state index contributed by atoms with van der Waals surface area (Å²) in [6.45, 7) is 0.